The lowest BCUT2D eigenvalue weighted by Gasteiger charge is -2.43. The Balaban J connectivity index is 5.09. The third kappa shape index (κ3) is 12.1. The average molecular weight is 530 g/mol. The molecule has 0 fully saturated rings. The second-order valence-corrected chi connectivity index (χ2v) is 11.1. The highest BCUT2D eigenvalue weighted by Crippen LogP contribution is 2.32. The van der Waals surface area contributed by atoms with Gasteiger partial charge in [0.1, 0.15) is 5.60 Å². The predicted octanol–water partition coefficient (Wildman–Crippen LogP) is 4.47. The highest BCUT2D eigenvalue weighted by atomic mass is 16.6. The van der Waals surface area contributed by atoms with Gasteiger partial charge in [0.2, 0.25) is 0 Å². The number of nitrogens with two attached hydrogens (primary N) is 3. The molecule has 0 aromatic heterocycles. The average Bonchev–Trinajstić information content (AvgIpc) is 2.82. The zero-order valence-electron chi connectivity index (χ0n) is 24.4. The van der Waals surface area contributed by atoms with E-state index in [0.29, 0.717) is 6.42 Å². The topological polar surface area (TPSA) is 157 Å². The van der Waals surface area contributed by atoms with Gasteiger partial charge in [-0.2, -0.15) is 0 Å². The van der Waals surface area contributed by atoms with Crippen molar-refractivity contribution in [2.24, 2.45) is 23.1 Å². The van der Waals surface area contributed by atoms with Crippen molar-refractivity contribution in [3.63, 3.8) is 0 Å². The van der Waals surface area contributed by atoms with Crippen LogP contribution in [0, 0.1) is 5.92 Å². The molecule has 0 saturated carbocycles. The van der Waals surface area contributed by atoms with Crippen molar-refractivity contribution in [2.45, 2.75) is 141 Å². The second-order valence-electron chi connectivity index (χ2n) is 11.1. The summed E-state index contributed by atoms with van der Waals surface area (Å²) in [6.45, 7) is 8.68. The number of methoxy groups -OCH3 is 1. The SMILES string of the molecule is CCCCCCCCCCCCCCCC(C(=O)OC)C(N)(C(=O)OCC)C(N)(N)C(=O)OC(C)(C)C. The lowest BCUT2D eigenvalue weighted by molar-refractivity contribution is -0.178. The Labute approximate surface area is 224 Å². The first kappa shape index (κ1) is 35.3. The highest BCUT2D eigenvalue weighted by molar-refractivity contribution is 5.98. The first-order valence-electron chi connectivity index (χ1n) is 14.1. The van der Waals surface area contributed by atoms with Crippen molar-refractivity contribution in [1.29, 1.82) is 0 Å². The molecule has 0 aliphatic heterocycles. The number of unbranched alkanes of at least 4 members (excludes halogenated alkanes) is 12. The van der Waals surface area contributed by atoms with Crippen LogP contribution in [0.5, 0.6) is 0 Å². The van der Waals surface area contributed by atoms with Crippen LogP contribution in [0.1, 0.15) is 125 Å². The number of hydrogen-bond acceptors (Lipinski definition) is 9. The van der Waals surface area contributed by atoms with Crippen molar-refractivity contribution in [2.75, 3.05) is 13.7 Å². The molecule has 0 aromatic rings. The quantitative estimate of drug-likeness (QED) is 0.0895. The first-order valence-corrected chi connectivity index (χ1v) is 14.1. The fourth-order valence-corrected chi connectivity index (χ4v) is 4.42. The van der Waals surface area contributed by atoms with Crippen LogP contribution < -0.4 is 17.2 Å². The maximum absolute atomic E-state index is 13.1. The molecule has 218 valence electrons. The summed E-state index contributed by atoms with van der Waals surface area (Å²) >= 11 is 0. The highest BCUT2D eigenvalue weighted by Gasteiger charge is 2.63. The summed E-state index contributed by atoms with van der Waals surface area (Å²) in [6.07, 6.45) is 15.3. The van der Waals surface area contributed by atoms with Gasteiger partial charge in [-0.25, -0.2) is 9.59 Å². The minimum Gasteiger partial charge on any atom is -0.469 e. The summed E-state index contributed by atoms with van der Waals surface area (Å²) < 4.78 is 15.4. The van der Waals surface area contributed by atoms with Crippen LogP contribution in [0.2, 0.25) is 0 Å². The van der Waals surface area contributed by atoms with Gasteiger partial charge in [0.25, 0.3) is 0 Å². The molecule has 9 heteroatoms. The Morgan fingerprint density at radius 3 is 1.51 bits per heavy atom. The van der Waals surface area contributed by atoms with Gasteiger partial charge in [-0.1, -0.05) is 90.4 Å². The Morgan fingerprint density at radius 2 is 1.14 bits per heavy atom. The zero-order valence-corrected chi connectivity index (χ0v) is 24.4. The van der Waals surface area contributed by atoms with Crippen LogP contribution in [-0.2, 0) is 28.6 Å². The lowest BCUT2D eigenvalue weighted by atomic mass is 9.72. The summed E-state index contributed by atoms with van der Waals surface area (Å²) in [6, 6.07) is 0. The molecule has 2 atom stereocenters. The van der Waals surface area contributed by atoms with Gasteiger partial charge in [0.15, 0.2) is 11.2 Å². The molecule has 0 amide bonds. The molecule has 0 spiro atoms. The largest absolute Gasteiger partial charge is 0.469 e. The van der Waals surface area contributed by atoms with Gasteiger partial charge in [-0.05, 0) is 34.1 Å². The third-order valence-electron chi connectivity index (χ3n) is 6.67. The summed E-state index contributed by atoms with van der Waals surface area (Å²) in [5, 5.41) is 0. The van der Waals surface area contributed by atoms with E-state index >= 15 is 0 Å². The first-order chi connectivity index (χ1) is 17.3. The number of carbonyl (C=O) groups excluding carboxylic acids is 3. The summed E-state index contributed by atoms with van der Waals surface area (Å²) in [4.78, 5) is 38.8. The van der Waals surface area contributed by atoms with Crippen LogP contribution in [-0.4, -0.2) is 48.4 Å². The minimum absolute atomic E-state index is 0.0329. The van der Waals surface area contributed by atoms with Crippen LogP contribution in [0.15, 0.2) is 0 Å². The van der Waals surface area contributed by atoms with Crippen LogP contribution in [0.4, 0.5) is 0 Å². The Bertz CT molecular complexity index is 677. The molecule has 0 radical (unpaired) electrons. The number of carbonyl (C=O) groups is 3. The van der Waals surface area contributed by atoms with E-state index in [9.17, 15) is 14.4 Å². The molecular weight excluding hydrogens is 474 g/mol. The fourth-order valence-electron chi connectivity index (χ4n) is 4.42. The van der Waals surface area contributed by atoms with E-state index < -0.39 is 40.6 Å². The molecule has 6 N–H and O–H groups in total. The van der Waals surface area contributed by atoms with Crippen molar-refractivity contribution in [1.82, 2.24) is 0 Å². The maximum Gasteiger partial charge on any atom is 0.344 e. The smallest absolute Gasteiger partial charge is 0.344 e. The summed E-state index contributed by atoms with van der Waals surface area (Å²) in [5.41, 5.74) is 13.0. The van der Waals surface area contributed by atoms with E-state index in [1.165, 1.54) is 64.9 Å². The van der Waals surface area contributed by atoms with Crippen LogP contribution >= 0.6 is 0 Å². The third-order valence-corrected chi connectivity index (χ3v) is 6.67. The van der Waals surface area contributed by atoms with Crippen molar-refractivity contribution < 1.29 is 28.6 Å². The Hall–Kier alpha value is -1.71. The van der Waals surface area contributed by atoms with Gasteiger partial charge in [-0.3, -0.25) is 4.79 Å². The second kappa shape index (κ2) is 17.7. The molecule has 9 nitrogen and oxygen atoms in total. The van der Waals surface area contributed by atoms with E-state index in [0.717, 1.165) is 19.3 Å². The Morgan fingerprint density at radius 1 is 0.703 bits per heavy atom. The summed E-state index contributed by atoms with van der Waals surface area (Å²) in [5.74, 6) is -4.21. The normalized spacial score (nSPS) is 14.5. The number of rotatable bonds is 20. The van der Waals surface area contributed by atoms with E-state index in [1.807, 2.05) is 0 Å². The summed E-state index contributed by atoms with van der Waals surface area (Å²) in [7, 11) is 1.19. The van der Waals surface area contributed by atoms with Crippen molar-refractivity contribution >= 4 is 17.9 Å². The molecule has 0 bridgehead atoms. The van der Waals surface area contributed by atoms with E-state index in [4.69, 9.17) is 31.4 Å². The van der Waals surface area contributed by atoms with Gasteiger partial charge in [0, 0.05) is 0 Å². The standard InChI is InChI=1S/C28H55N3O6/c1-7-9-10-11-12-13-14-15-16-17-18-19-20-21-22(23(32)35-6)27(29,24(33)36-8-2)28(30,31)25(34)37-26(3,4)5/h22H,7-21,29-31H2,1-6H3. The van der Waals surface area contributed by atoms with Gasteiger partial charge < -0.3 is 31.4 Å². The number of ether oxygens (including phenoxy) is 3. The Kier molecular flexibility index (Phi) is 16.9. The van der Waals surface area contributed by atoms with Crippen molar-refractivity contribution in [3.8, 4) is 0 Å². The molecule has 0 aromatic carbocycles. The monoisotopic (exact) mass is 529 g/mol. The zero-order chi connectivity index (χ0) is 28.5. The molecule has 0 aliphatic carbocycles. The lowest BCUT2D eigenvalue weighted by Crippen LogP contribution is -2.82. The molecule has 0 heterocycles. The van der Waals surface area contributed by atoms with Crippen LogP contribution in [0.3, 0.4) is 0 Å². The molecule has 37 heavy (non-hydrogen) atoms. The number of esters is 3. The molecule has 0 saturated heterocycles. The molecule has 0 aliphatic rings. The van der Waals surface area contributed by atoms with E-state index in [1.54, 1.807) is 27.7 Å². The maximum atomic E-state index is 13.1. The van der Waals surface area contributed by atoms with E-state index in [-0.39, 0.29) is 13.0 Å². The van der Waals surface area contributed by atoms with Crippen molar-refractivity contribution in [3.05, 3.63) is 0 Å². The molecular formula is C28H55N3O6. The fraction of sp³-hybridized carbons (Fsp3) is 0.893. The van der Waals surface area contributed by atoms with E-state index in [2.05, 4.69) is 6.92 Å². The van der Waals surface area contributed by atoms with Crippen LogP contribution in [0.25, 0.3) is 0 Å². The minimum atomic E-state index is -2.53. The predicted molar refractivity (Wildman–Crippen MR) is 146 cm³/mol. The van der Waals surface area contributed by atoms with Gasteiger partial charge >= 0.3 is 17.9 Å². The molecule has 2 unspecified atom stereocenters. The van der Waals surface area contributed by atoms with Gasteiger partial charge in [-0.15, -0.1) is 0 Å². The van der Waals surface area contributed by atoms with Gasteiger partial charge in [0.05, 0.1) is 19.6 Å². The number of hydrogen-bond donors (Lipinski definition) is 3. The molecule has 0 rings (SSSR count).